The lowest BCUT2D eigenvalue weighted by Crippen LogP contribution is -2.30. The summed E-state index contributed by atoms with van der Waals surface area (Å²) in [6.45, 7) is 16.2. The molecule has 0 bridgehead atoms. The Labute approximate surface area is 158 Å². The standard InChI is InChI=1S/C12H22BNO3.C4H7NO2.C2H6/c1-6-14-11(15)8-7-9(2)13-16-10(3)12(4,5)17-13;1-2-3-4-5(6)7;1-2/h7-10H,6H2,1-5H3,(H,14,15);2-3H,4H2,1H3;1-2H3/b8-7+;3-2-;. The number of nitrogens with one attached hydrogen (secondary N) is 1. The number of amides is 1. The summed E-state index contributed by atoms with van der Waals surface area (Å²) in [4.78, 5) is 20.4. The van der Waals surface area contributed by atoms with E-state index in [1.807, 2.05) is 54.5 Å². The van der Waals surface area contributed by atoms with Crippen LogP contribution in [-0.2, 0) is 14.1 Å². The van der Waals surface area contributed by atoms with E-state index in [9.17, 15) is 14.9 Å². The van der Waals surface area contributed by atoms with Crippen molar-refractivity contribution in [2.24, 2.45) is 0 Å². The molecule has 8 heteroatoms. The minimum atomic E-state index is -0.375. The summed E-state index contributed by atoms with van der Waals surface area (Å²) < 4.78 is 11.5. The maximum Gasteiger partial charge on any atom is 0.464 e. The summed E-state index contributed by atoms with van der Waals surface area (Å²) in [6.07, 6.45) is 6.58. The lowest BCUT2D eigenvalue weighted by Gasteiger charge is -2.21. The van der Waals surface area contributed by atoms with E-state index < -0.39 is 0 Å². The average Bonchev–Trinajstić information content (AvgIpc) is 2.86. The monoisotopic (exact) mass is 370 g/mol. The number of hydrogen-bond donors (Lipinski definition) is 1. The summed E-state index contributed by atoms with van der Waals surface area (Å²) in [5, 5.41) is 12.2. The first-order valence-electron chi connectivity index (χ1n) is 9.16. The SMILES string of the molecule is C/C=C\C[N+](=O)[O-].CC.CCNC(=O)/C=C/C(C)B1OC(C)C(C)(C)O1. The Hall–Kier alpha value is -1.67. The summed E-state index contributed by atoms with van der Waals surface area (Å²) in [6, 6.07) is 0. The highest BCUT2D eigenvalue weighted by molar-refractivity contribution is 6.48. The molecular weight excluding hydrogens is 335 g/mol. The molecule has 2 unspecified atom stereocenters. The van der Waals surface area contributed by atoms with E-state index in [2.05, 4.69) is 5.32 Å². The Morgan fingerprint density at radius 1 is 1.42 bits per heavy atom. The van der Waals surface area contributed by atoms with Crippen LogP contribution in [0.3, 0.4) is 0 Å². The van der Waals surface area contributed by atoms with Crippen molar-refractivity contribution in [3.05, 3.63) is 34.4 Å². The van der Waals surface area contributed by atoms with E-state index in [0.717, 1.165) is 0 Å². The van der Waals surface area contributed by atoms with Crippen LogP contribution in [0.4, 0.5) is 0 Å². The molecule has 0 aromatic carbocycles. The quantitative estimate of drug-likeness (QED) is 0.253. The maximum atomic E-state index is 11.3. The molecule has 1 aliphatic rings. The molecule has 150 valence electrons. The summed E-state index contributed by atoms with van der Waals surface area (Å²) >= 11 is 0. The van der Waals surface area contributed by atoms with E-state index >= 15 is 0 Å². The van der Waals surface area contributed by atoms with Gasteiger partial charge in [-0.15, -0.1) is 0 Å². The molecule has 0 radical (unpaired) electrons. The molecule has 2 atom stereocenters. The minimum absolute atomic E-state index is 0.0573. The molecular formula is C18H35BN2O5. The highest BCUT2D eigenvalue weighted by atomic mass is 16.7. The molecule has 1 fully saturated rings. The van der Waals surface area contributed by atoms with Gasteiger partial charge in [-0.1, -0.05) is 32.9 Å². The van der Waals surface area contributed by atoms with Crippen molar-refractivity contribution in [3.63, 3.8) is 0 Å². The average molecular weight is 370 g/mol. The molecule has 1 heterocycles. The number of likely N-dealkylation sites (N-methyl/N-ethyl adjacent to an activating group) is 1. The second kappa shape index (κ2) is 14.5. The van der Waals surface area contributed by atoms with Gasteiger partial charge in [-0.3, -0.25) is 14.9 Å². The molecule has 1 saturated heterocycles. The first-order valence-corrected chi connectivity index (χ1v) is 9.16. The van der Waals surface area contributed by atoms with Crippen molar-refractivity contribution in [1.82, 2.24) is 5.32 Å². The van der Waals surface area contributed by atoms with Crippen LogP contribution in [0.15, 0.2) is 24.3 Å². The zero-order chi connectivity index (χ0) is 20.8. The van der Waals surface area contributed by atoms with Crippen LogP contribution < -0.4 is 5.32 Å². The van der Waals surface area contributed by atoms with Crippen molar-refractivity contribution in [2.45, 2.75) is 72.9 Å². The van der Waals surface area contributed by atoms with Gasteiger partial charge >= 0.3 is 7.12 Å². The van der Waals surface area contributed by atoms with Crippen LogP contribution in [-0.4, -0.2) is 42.7 Å². The molecule has 1 rings (SSSR count). The topological polar surface area (TPSA) is 90.7 Å². The lowest BCUT2D eigenvalue weighted by atomic mass is 9.73. The van der Waals surface area contributed by atoms with Crippen LogP contribution >= 0.6 is 0 Å². The van der Waals surface area contributed by atoms with Gasteiger partial charge in [-0.05, 0) is 46.8 Å². The molecule has 1 aliphatic heterocycles. The van der Waals surface area contributed by atoms with Crippen LogP contribution in [0.2, 0.25) is 5.82 Å². The highest BCUT2D eigenvalue weighted by Crippen LogP contribution is 2.32. The van der Waals surface area contributed by atoms with E-state index in [4.69, 9.17) is 9.31 Å². The molecule has 1 amide bonds. The Morgan fingerprint density at radius 2 is 2.00 bits per heavy atom. The number of nitro groups is 1. The molecule has 0 aliphatic carbocycles. The van der Waals surface area contributed by atoms with Crippen LogP contribution in [0, 0.1) is 10.1 Å². The number of carbonyl (C=O) groups excluding carboxylic acids is 1. The Kier molecular flexibility index (Phi) is 14.8. The van der Waals surface area contributed by atoms with Gasteiger partial charge in [0.1, 0.15) is 0 Å². The zero-order valence-electron chi connectivity index (χ0n) is 17.4. The van der Waals surface area contributed by atoms with E-state index in [1.165, 1.54) is 12.2 Å². The van der Waals surface area contributed by atoms with Gasteiger partial charge in [-0.25, -0.2) is 0 Å². The molecule has 0 aromatic heterocycles. The fourth-order valence-corrected chi connectivity index (χ4v) is 1.77. The van der Waals surface area contributed by atoms with E-state index in [1.54, 1.807) is 13.0 Å². The van der Waals surface area contributed by atoms with Crippen molar-refractivity contribution in [2.75, 3.05) is 13.1 Å². The number of allylic oxidation sites excluding steroid dienone is 2. The van der Waals surface area contributed by atoms with Gasteiger partial charge in [0, 0.05) is 17.3 Å². The maximum absolute atomic E-state index is 11.3. The fraction of sp³-hybridized carbons (Fsp3) is 0.722. The van der Waals surface area contributed by atoms with Gasteiger partial charge in [0.05, 0.1) is 11.7 Å². The van der Waals surface area contributed by atoms with Crippen molar-refractivity contribution >= 4 is 13.0 Å². The predicted octanol–water partition coefficient (Wildman–Crippen LogP) is 3.64. The molecule has 0 saturated carbocycles. The van der Waals surface area contributed by atoms with Gasteiger partial charge in [-0.2, -0.15) is 0 Å². The number of nitrogens with zero attached hydrogens (tertiary/aromatic N) is 1. The third-order valence-corrected chi connectivity index (χ3v) is 3.56. The fourth-order valence-electron chi connectivity index (χ4n) is 1.77. The van der Waals surface area contributed by atoms with Gasteiger partial charge in [0.2, 0.25) is 12.5 Å². The summed E-state index contributed by atoms with van der Waals surface area (Å²) in [7, 11) is -0.273. The van der Waals surface area contributed by atoms with Gasteiger partial charge in [0.25, 0.3) is 0 Å². The Bertz CT molecular complexity index is 466. The number of hydrogen-bond acceptors (Lipinski definition) is 5. The second-order valence-electron chi connectivity index (χ2n) is 6.07. The molecule has 0 spiro atoms. The lowest BCUT2D eigenvalue weighted by molar-refractivity contribution is -0.468. The van der Waals surface area contributed by atoms with Crippen molar-refractivity contribution < 1.29 is 19.0 Å². The van der Waals surface area contributed by atoms with Gasteiger partial charge in [0.15, 0.2) is 0 Å². The second-order valence-corrected chi connectivity index (χ2v) is 6.07. The first kappa shape index (κ1) is 26.6. The Morgan fingerprint density at radius 3 is 2.35 bits per heavy atom. The minimum Gasteiger partial charge on any atom is -0.405 e. The normalized spacial score (nSPS) is 19.4. The third kappa shape index (κ3) is 11.8. The van der Waals surface area contributed by atoms with Crippen LogP contribution in [0.5, 0.6) is 0 Å². The number of rotatable bonds is 6. The smallest absolute Gasteiger partial charge is 0.405 e. The van der Waals surface area contributed by atoms with Crippen LogP contribution in [0.1, 0.15) is 55.4 Å². The zero-order valence-corrected chi connectivity index (χ0v) is 17.4. The molecule has 1 N–H and O–H groups in total. The molecule has 0 aromatic rings. The van der Waals surface area contributed by atoms with Crippen LogP contribution in [0.25, 0.3) is 0 Å². The largest absolute Gasteiger partial charge is 0.464 e. The number of carbonyl (C=O) groups is 1. The van der Waals surface area contributed by atoms with E-state index in [0.29, 0.717) is 6.54 Å². The van der Waals surface area contributed by atoms with Gasteiger partial charge < -0.3 is 14.6 Å². The summed E-state index contributed by atoms with van der Waals surface area (Å²) in [5.74, 6) is -0.0218. The van der Waals surface area contributed by atoms with Crippen molar-refractivity contribution in [3.8, 4) is 0 Å². The Balaban J connectivity index is 0. The molecule has 7 nitrogen and oxygen atoms in total. The summed E-state index contributed by atoms with van der Waals surface area (Å²) in [5.41, 5.74) is -0.265. The molecule has 26 heavy (non-hydrogen) atoms. The predicted molar refractivity (Wildman–Crippen MR) is 107 cm³/mol. The van der Waals surface area contributed by atoms with Crippen molar-refractivity contribution in [1.29, 1.82) is 0 Å². The highest BCUT2D eigenvalue weighted by Gasteiger charge is 2.44. The first-order chi connectivity index (χ1) is 12.1. The van der Waals surface area contributed by atoms with E-state index in [-0.39, 0.29) is 42.0 Å². The third-order valence-electron chi connectivity index (χ3n) is 3.56.